The molecule has 114 valence electrons. The summed E-state index contributed by atoms with van der Waals surface area (Å²) in [5.41, 5.74) is 6.59. The molecular formula is C17H12ClN3O2. The number of methoxy groups -OCH3 is 1. The quantitative estimate of drug-likeness (QED) is 0.731. The Hall–Kier alpha value is -2.97. The van der Waals surface area contributed by atoms with Gasteiger partial charge in [-0.1, -0.05) is 11.6 Å². The van der Waals surface area contributed by atoms with Crippen molar-refractivity contribution < 1.29 is 13.6 Å². The van der Waals surface area contributed by atoms with Crippen LogP contribution in [0.1, 0.15) is 9.68 Å². The highest BCUT2D eigenvalue weighted by atomic mass is 35.5. The molecule has 0 unspecified atom stereocenters. The number of halogens is 1. The van der Waals surface area contributed by atoms with Crippen LogP contribution in [0.3, 0.4) is 0 Å². The van der Waals surface area contributed by atoms with Crippen molar-refractivity contribution in [2.75, 3.05) is 12.8 Å². The Morgan fingerprint density at radius 1 is 1.26 bits per heavy atom. The fourth-order valence-corrected chi connectivity index (χ4v) is 2.28. The van der Waals surface area contributed by atoms with Crippen LogP contribution in [0.5, 0.6) is 17.2 Å². The lowest BCUT2D eigenvalue weighted by atomic mass is 10.1. The Morgan fingerprint density at radius 2 is 2.13 bits per heavy atom. The van der Waals surface area contributed by atoms with Crippen LogP contribution in [0.25, 0.3) is 10.9 Å². The van der Waals surface area contributed by atoms with Crippen LogP contribution in [0.15, 0.2) is 42.6 Å². The molecule has 0 aliphatic rings. The molecule has 2 N–H and O–H groups in total. The van der Waals surface area contributed by atoms with E-state index in [1.807, 2.05) is 6.07 Å². The van der Waals surface area contributed by atoms with Crippen molar-refractivity contribution in [3.05, 3.63) is 53.2 Å². The van der Waals surface area contributed by atoms with Crippen LogP contribution >= 0.6 is 11.6 Å². The Bertz CT molecular complexity index is 1030. The number of hydrogen-bond donors (Lipinski definition) is 1. The number of anilines is 1. The van der Waals surface area contributed by atoms with E-state index in [1.54, 1.807) is 24.3 Å². The van der Waals surface area contributed by atoms with E-state index in [4.69, 9.17) is 30.9 Å². The van der Waals surface area contributed by atoms with Gasteiger partial charge >= 0.3 is 0 Å². The molecule has 0 aliphatic carbocycles. The number of ether oxygens (including phenoxy) is 2. The van der Waals surface area contributed by atoms with E-state index >= 15 is 0 Å². The van der Waals surface area contributed by atoms with Crippen molar-refractivity contribution in [2.45, 2.75) is 0 Å². The van der Waals surface area contributed by atoms with Gasteiger partial charge in [-0.3, -0.25) is 4.98 Å². The van der Waals surface area contributed by atoms with E-state index in [2.05, 4.69) is 4.98 Å². The third-order valence-electron chi connectivity index (χ3n) is 3.23. The molecule has 6 heteroatoms. The third-order valence-corrected chi connectivity index (χ3v) is 3.56. The number of hydrogen-bond acceptors (Lipinski definition) is 5. The number of nitrogens with two attached hydrogens (primary N) is 1. The predicted octanol–water partition coefficient (Wildman–Crippen LogP) is 4.14. The van der Waals surface area contributed by atoms with Gasteiger partial charge in [-0.05, 0) is 24.3 Å². The van der Waals surface area contributed by atoms with Crippen molar-refractivity contribution in [3.8, 4) is 23.3 Å². The SMILES string of the molecule is [2H]C([2H])([2H])Oc1cc2nccc(Oc3ccc(N)c(Cl)c3)c2cc1C#N. The summed E-state index contributed by atoms with van der Waals surface area (Å²) < 4.78 is 32.3. The molecule has 1 heterocycles. The lowest BCUT2D eigenvalue weighted by Crippen LogP contribution is -1.93. The van der Waals surface area contributed by atoms with Gasteiger partial charge in [0.15, 0.2) is 0 Å². The van der Waals surface area contributed by atoms with Gasteiger partial charge in [0, 0.05) is 23.7 Å². The normalized spacial score (nSPS) is 12.8. The lowest BCUT2D eigenvalue weighted by molar-refractivity contribution is 0.414. The summed E-state index contributed by atoms with van der Waals surface area (Å²) in [5, 5.41) is 10.2. The highest BCUT2D eigenvalue weighted by Gasteiger charge is 2.11. The number of pyridine rings is 1. The van der Waals surface area contributed by atoms with E-state index in [-0.39, 0.29) is 11.3 Å². The topological polar surface area (TPSA) is 81.2 Å². The molecular weight excluding hydrogens is 314 g/mol. The summed E-state index contributed by atoms with van der Waals surface area (Å²) in [4.78, 5) is 4.18. The molecule has 0 fully saturated rings. The largest absolute Gasteiger partial charge is 0.495 e. The summed E-state index contributed by atoms with van der Waals surface area (Å²) in [6, 6.07) is 11.2. The maximum Gasteiger partial charge on any atom is 0.138 e. The molecule has 5 nitrogen and oxygen atoms in total. The summed E-state index contributed by atoms with van der Waals surface area (Å²) >= 11 is 6.00. The number of nitriles is 1. The average Bonchev–Trinajstić information content (AvgIpc) is 2.56. The lowest BCUT2D eigenvalue weighted by Gasteiger charge is -2.11. The zero-order valence-corrected chi connectivity index (χ0v) is 12.5. The molecule has 0 amide bonds. The van der Waals surface area contributed by atoms with Crippen molar-refractivity contribution in [3.63, 3.8) is 0 Å². The molecule has 0 saturated carbocycles. The van der Waals surface area contributed by atoms with Gasteiger partial charge in [-0.15, -0.1) is 0 Å². The standard InChI is InChI=1S/C17H12ClN3O2/c1-22-17-8-15-12(6-10(17)9-19)16(4-5-21-15)23-11-2-3-14(20)13(18)7-11/h2-8H,20H2,1H3/i1D3. The summed E-state index contributed by atoms with van der Waals surface area (Å²) in [6.07, 6.45) is 1.50. The minimum absolute atomic E-state index is 0.0572. The van der Waals surface area contributed by atoms with Gasteiger partial charge in [0.25, 0.3) is 0 Å². The van der Waals surface area contributed by atoms with Gasteiger partial charge in [-0.2, -0.15) is 5.26 Å². The predicted molar refractivity (Wildman–Crippen MR) is 88.9 cm³/mol. The van der Waals surface area contributed by atoms with Crippen molar-refractivity contribution >= 4 is 28.2 Å². The molecule has 0 saturated heterocycles. The number of benzene rings is 2. The van der Waals surface area contributed by atoms with Crippen LogP contribution in [0.2, 0.25) is 5.02 Å². The molecule has 0 bridgehead atoms. The maximum atomic E-state index is 9.32. The van der Waals surface area contributed by atoms with Crippen molar-refractivity contribution in [1.29, 1.82) is 5.26 Å². The second-order valence-electron chi connectivity index (χ2n) is 4.67. The van der Waals surface area contributed by atoms with Crippen LogP contribution in [-0.4, -0.2) is 12.0 Å². The third kappa shape index (κ3) is 2.85. The van der Waals surface area contributed by atoms with E-state index in [9.17, 15) is 5.26 Å². The Balaban J connectivity index is 2.07. The Morgan fingerprint density at radius 3 is 2.87 bits per heavy atom. The number of nitrogen functional groups attached to an aromatic ring is 1. The number of fused-ring (bicyclic) bond motifs is 1. The molecule has 2 aromatic carbocycles. The van der Waals surface area contributed by atoms with Crippen LogP contribution in [0, 0.1) is 11.3 Å². The molecule has 0 spiro atoms. The minimum atomic E-state index is -2.67. The van der Waals surface area contributed by atoms with E-state index < -0.39 is 7.04 Å². The monoisotopic (exact) mass is 328 g/mol. The highest BCUT2D eigenvalue weighted by molar-refractivity contribution is 6.33. The fourth-order valence-electron chi connectivity index (χ4n) is 2.11. The molecule has 0 aliphatic heterocycles. The number of nitrogens with zero attached hydrogens (tertiary/aromatic N) is 2. The summed E-state index contributed by atoms with van der Waals surface area (Å²) in [7, 11) is -2.67. The minimum Gasteiger partial charge on any atom is -0.495 e. The average molecular weight is 329 g/mol. The molecule has 23 heavy (non-hydrogen) atoms. The first-order valence-corrected chi connectivity index (χ1v) is 6.89. The van der Waals surface area contributed by atoms with Crippen molar-refractivity contribution in [1.82, 2.24) is 4.98 Å². The van der Waals surface area contributed by atoms with Gasteiger partial charge in [0.2, 0.25) is 0 Å². The first-order chi connectivity index (χ1) is 12.3. The van der Waals surface area contributed by atoms with Crippen LogP contribution in [0.4, 0.5) is 5.69 Å². The zero-order chi connectivity index (χ0) is 18.9. The Kier molecular flexibility index (Phi) is 3.04. The molecule has 1 aromatic heterocycles. The molecule has 3 rings (SSSR count). The summed E-state index contributed by atoms with van der Waals surface area (Å²) in [6.45, 7) is 0. The van der Waals surface area contributed by atoms with E-state index in [0.717, 1.165) is 0 Å². The zero-order valence-electron chi connectivity index (χ0n) is 14.7. The van der Waals surface area contributed by atoms with Crippen LogP contribution < -0.4 is 15.2 Å². The molecule has 0 atom stereocenters. The Labute approximate surface area is 142 Å². The number of aromatic nitrogens is 1. The van der Waals surface area contributed by atoms with Gasteiger partial charge in [-0.25, -0.2) is 0 Å². The van der Waals surface area contributed by atoms with E-state index in [0.29, 0.717) is 33.1 Å². The van der Waals surface area contributed by atoms with Crippen molar-refractivity contribution in [2.24, 2.45) is 0 Å². The second-order valence-corrected chi connectivity index (χ2v) is 5.08. The van der Waals surface area contributed by atoms with Crippen LogP contribution in [-0.2, 0) is 0 Å². The van der Waals surface area contributed by atoms with Gasteiger partial charge in [0.05, 0.1) is 32.9 Å². The maximum absolute atomic E-state index is 9.32. The number of rotatable bonds is 3. The molecule has 3 aromatic rings. The van der Waals surface area contributed by atoms with Gasteiger partial charge < -0.3 is 15.2 Å². The van der Waals surface area contributed by atoms with Gasteiger partial charge in [0.1, 0.15) is 23.3 Å². The highest BCUT2D eigenvalue weighted by Crippen LogP contribution is 2.34. The second kappa shape index (κ2) is 6.03. The fraction of sp³-hybridized carbons (Fsp3) is 0.0588. The molecule has 0 radical (unpaired) electrons. The first-order valence-electron chi connectivity index (χ1n) is 8.01. The van der Waals surface area contributed by atoms with E-state index in [1.165, 1.54) is 18.3 Å². The summed E-state index contributed by atoms with van der Waals surface area (Å²) in [5.74, 6) is 0.811. The smallest absolute Gasteiger partial charge is 0.138 e. The first kappa shape index (κ1) is 11.6.